The number of phosphoric acid groups is 2. The van der Waals surface area contributed by atoms with E-state index in [1.807, 2.05) is 12.1 Å². The molecular formula is C62H80N12O28P4. The van der Waals surface area contributed by atoms with Crippen LogP contribution >= 0.6 is 31.1 Å². The monoisotopic (exact) mass is 1560 g/mol. The van der Waals surface area contributed by atoms with Crippen LogP contribution in [0.4, 0.5) is 0 Å². The van der Waals surface area contributed by atoms with E-state index in [0.29, 0.717) is 0 Å². The fourth-order valence-electron chi connectivity index (χ4n) is 9.97. The third-order valence-corrected chi connectivity index (χ3v) is 19.6. The average molecular weight is 1570 g/mol. The molecule has 40 nitrogen and oxygen atoms in total. The first-order chi connectivity index (χ1) is 49.7. The molecule has 106 heavy (non-hydrogen) atoms. The van der Waals surface area contributed by atoms with E-state index < -0.39 is 177 Å². The lowest BCUT2D eigenvalue weighted by atomic mass is 9.95. The van der Waals surface area contributed by atoms with Crippen molar-refractivity contribution in [2.24, 2.45) is 23.7 Å². The number of hydrogen-bond donors (Lipinski definition) is 8. The molecule has 0 saturated carbocycles. The van der Waals surface area contributed by atoms with Gasteiger partial charge in [0.15, 0.2) is 42.1 Å². The predicted octanol–water partition coefficient (Wildman–Crippen LogP) is 5.01. The molecule has 0 bridgehead atoms. The van der Waals surface area contributed by atoms with Gasteiger partial charge in [-0.15, -0.1) is 0 Å². The van der Waals surface area contributed by atoms with Crippen molar-refractivity contribution in [2.45, 2.75) is 143 Å². The maximum atomic E-state index is 14.3. The van der Waals surface area contributed by atoms with Gasteiger partial charge in [-0.05, 0) is 62.4 Å². The number of nitrogens with one attached hydrogen (secondary N) is 4. The third-order valence-electron chi connectivity index (χ3n) is 15.4. The lowest BCUT2D eigenvalue weighted by Gasteiger charge is -2.31. The Balaban J connectivity index is 0.000000296. The van der Waals surface area contributed by atoms with E-state index in [0.717, 1.165) is 36.1 Å². The zero-order valence-electron chi connectivity index (χ0n) is 58.9. The summed E-state index contributed by atoms with van der Waals surface area (Å²) in [4.78, 5) is 118. The van der Waals surface area contributed by atoms with Crippen LogP contribution in [0.2, 0.25) is 0 Å². The molecule has 0 spiro atoms. The highest BCUT2D eigenvalue weighted by atomic mass is 31.2. The number of ether oxygens (including phenoxy) is 8. The van der Waals surface area contributed by atoms with Crippen LogP contribution < -0.4 is 30.2 Å². The summed E-state index contributed by atoms with van der Waals surface area (Å²) in [5, 5.41) is 47.7. The predicted molar refractivity (Wildman–Crippen MR) is 358 cm³/mol. The van der Waals surface area contributed by atoms with Gasteiger partial charge in [-0.25, -0.2) is 37.0 Å². The van der Waals surface area contributed by atoms with Crippen molar-refractivity contribution in [2.75, 3.05) is 27.4 Å². The zero-order chi connectivity index (χ0) is 78.6. The van der Waals surface area contributed by atoms with Crippen molar-refractivity contribution in [3.8, 4) is 23.6 Å². The van der Waals surface area contributed by atoms with E-state index in [2.05, 4.69) is 29.3 Å². The minimum absolute atomic E-state index is 0.0237. The number of nitrogens with zero attached hydrogens (tertiary/aromatic N) is 8. The van der Waals surface area contributed by atoms with Crippen LogP contribution in [-0.2, 0) is 116 Å². The summed E-state index contributed by atoms with van der Waals surface area (Å²) in [6.45, 7) is 11.5. The first-order valence-corrected chi connectivity index (χ1v) is 38.1. The molecule has 44 heteroatoms. The summed E-state index contributed by atoms with van der Waals surface area (Å²) in [6.07, 6.45) is -7.60. The van der Waals surface area contributed by atoms with Gasteiger partial charge < -0.3 is 66.5 Å². The lowest BCUT2D eigenvalue weighted by Crippen LogP contribution is -2.50. The molecule has 0 amide bonds. The number of benzene rings is 2. The average Bonchev–Trinajstić information content (AvgIpc) is 1.59. The summed E-state index contributed by atoms with van der Waals surface area (Å²) in [7, 11) is -16.9. The van der Waals surface area contributed by atoms with Gasteiger partial charge >= 0.3 is 67.0 Å². The molecule has 2 saturated heterocycles. The molecule has 0 aliphatic carbocycles. The molecule has 2 aliphatic heterocycles. The molecule has 0 unspecified atom stereocenters. The number of esters is 6. The Morgan fingerprint density at radius 1 is 0.547 bits per heavy atom. The quantitative estimate of drug-likeness (QED) is 0.0156. The highest BCUT2D eigenvalue weighted by molar-refractivity contribution is 7.52. The fraction of sp³-hybridized carbons (Fsp3) is 0.484. The maximum absolute atomic E-state index is 14.3. The van der Waals surface area contributed by atoms with Crippen LogP contribution in [0.5, 0.6) is 11.5 Å². The molecule has 0 radical (unpaired) electrons. The standard InChI is InChI=1S/2C31H40N6O14P2/c1-18(2)28(38)48-25-24(22-12-13-23-27(33)36(16-34-37(22)23)17-47-53(42,43)44)50-31(14-32,26(25)49-29(39)19(3)4)15-46-52(41,35-20(5)30(40)45-6)51-21-10-8-7-9-11-21;1-18(2)28(38)48-25-24(22-12-13-23-27(33)34-16-36(37(22)23)17-47-53(42,43)44)50-31(14-32,26(25)49-29(39)19(3)4)15-46-52(41,35-20(5)30(40)45-6)51-21-10-8-7-9-11-21/h2*7-13,16,18-20,24-26,33H,15,17H2,1-6H3,(H,35,41)(H2,42,43,44)/t2*20-,24-,25-,26-,31+,52-/m00/s1. The van der Waals surface area contributed by atoms with E-state index >= 15 is 0 Å². The number of phosphoric ester groups is 2. The van der Waals surface area contributed by atoms with Crippen molar-refractivity contribution in [3.63, 3.8) is 0 Å². The van der Waals surface area contributed by atoms with Gasteiger partial charge in [0.25, 0.3) is 0 Å². The molecule has 8 N–H and O–H groups in total. The van der Waals surface area contributed by atoms with Gasteiger partial charge in [0.1, 0.15) is 91.6 Å². The molecule has 6 aromatic rings. The first-order valence-electron chi connectivity index (χ1n) is 32.0. The van der Waals surface area contributed by atoms with Crippen LogP contribution in [-0.4, -0.2) is 159 Å². The summed E-state index contributed by atoms with van der Waals surface area (Å²) >= 11 is 0. The molecule has 4 aromatic heterocycles. The summed E-state index contributed by atoms with van der Waals surface area (Å²) < 4.78 is 134. The van der Waals surface area contributed by atoms with Crippen LogP contribution in [0, 0.1) is 57.2 Å². The lowest BCUT2D eigenvalue weighted by molar-refractivity contribution is -0.173. The fourth-order valence-corrected chi connectivity index (χ4v) is 13.6. The van der Waals surface area contributed by atoms with Gasteiger partial charge in [-0.2, -0.15) is 25.8 Å². The number of para-hydroxylation sites is 2. The van der Waals surface area contributed by atoms with Crippen LogP contribution in [0.1, 0.15) is 92.8 Å². The largest absolute Gasteiger partial charge is 0.471 e. The summed E-state index contributed by atoms with van der Waals surface area (Å²) in [6, 6.07) is 22.5. The minimum Gasteiger partial charge on any atom is -0.468 e. The highest BCUT2D eigenvalue weighted by Gasteiger charge is 2.64. The second kappa shape index (κ2) is 35.2. The van der Waals surface area contributed by atoms with E-state index in [-0.39, 0.29) is 44.9 Å². The molecule has 6 heterocycles. The van der Waals surface area contributed by atoms with Crippen molar-refractivity contribution >= 4 is 78.0 Å². The van der Waals surface area contributed by atoms with E-state index in [1.54, 1.807) is 50.2 Å². The number of carbonyl (C=O) groups excluding carboxylic acids is 6. The molecule has 2 aromatic carbocycles. The van der Waals surface area contributed by atoms with Gasteiger partial charge in [-0.1, -0.05) is 91.8 Å². The van der Waals surface area contributed by atoms with Gasteiger partial charge in [-0.3, -0.25) is 62.2 Å². The van der Waals surface area contributed by atoms with Gasteiger partial charge in [0.2, 0.25) is 11.2 Å². The van der Waals surface area contributed by atoms with E-state index in [1.165, 1.54) is 113 Å². The third kappa shape index (κ3) is 20.8. The van der Waals surface area contributed by atoms with E-state index in [4.69, 9.17) is 76.6 Å². The van der Waals surface area contributed by atoms with Crippen molar-refractivity contribution in [3.05, 3.63) is 120 Å². The number of carbonyl (C=O) groups is 6. The van der Waals surface area contributed by atoms with Crippen LogP contribution in [0.3, 0.4) is 0 Å². The molecule has 2 aliphatic rings. The number of hydrogen-bond acceptors (Lipinski definition) is 30. The SMILES string of the molecule is COC(=O)[C@H](C)N[P@](=O)(OC[C@@]1(C#N)O[C@@H](c2ccc3c(=N)n(COP(=O)(O)O)cnn23)[C@H](OC(=O)C(C)C)[C@@H]1OC(=O)C(C)C)Oc1ccccc1.COC(=O)[C@H](C)N[P@](=O)(OC[C@@]1(C#N)O[C@@H](c2ccc3c(=N)ncn(COP(=O)(O)O)n23)[C@H](OC(=O)C(C)C)[C@@H]1OC(=O)C(C)C)Oc1ccccc1. The van der Waals surface area contributed by atoms with Gasteiger partial charge in [0, 0.05) is 0 Å². The van der Waals surface area contributed by atoms with Crippen molar-refractivity contribution < 1.29 is 132 Å². The molecule has 8 rings (SSSR count). The topological polar surface area (TPSA) is 545 Å². The number of rotatable bonds is 32. The minimum atomic E-state index is -5.01. The Morgan fingerprint density at radius 3 is 1.35 bits per heavy atom. The van der Waals surface area contributed by atoms with Gasteiger partial charge in [0.05, 0.1) is 49.3 Å². The first kappa shape index (κ1) is 84.4. The Morgan fingerprint density at radius 2 is 0.943 bits per heavy atom. The van der Waals surface area contributed by atoms with Crippen LogP contribution in [0.25, 0.3) is 11.0 Å². The van der Waals surface area contributed by atoms with Crippen molar-refractivity contribution in [1.29, 1.82) is 21.3 Å². The van der Waals surface area contributed by atoms with Crippen LogP contribution in [0.15, 0.2) is 97.6 Å². The summed E-state index contributed by atoms with van der Waals surface area (Å²) in [5.41, 5.74) is -5.15. The normalized spacial score (nSPS) is 21.9. The Kier molecular flexibility index (Phi) is 28.0. The maximum Gasteiger partial charge on any atom is 0.471 e. The molecular weight excluding hydrogens is 1480 g/mol. The van der Waals surface area contributed by atoms with Crippen molar-refractivity contribution in [1.82, 2.24) is 38.5 Å². The molecule has 2 fully saturated rings. The van der Waals surface area contributed by atoms with E-state index in [9.17, 15) is 67.3 Å². The second-order valence-electron chi connectivity index (χ2n) is 24.8. The summed E-state index contributed by atoms with van der Waals surface area (Å²) in [5.74, 6) is -7.71. The second-order valence-corrected chi connectivity index (χ2v) is 30.7. The Hall–Kier alpha value is -8.88. The number of nitriles is 2. The molecule has 576 valence electrons. The Labute approximate surface area is 604 Å². The zero-order valence-corrected chi connectivity index (χ0v) is 62.5. The molecule has 12 atom stereocenters. The Bertz CT molecular complexity index is 4590. The number of methoxy groups -OCH3 is 2. The number of fused-ring (bicyclic) bond motifs is 2. The highest BCUT2D eigenvalue weighted by Crippen LogP contribution is 2.52. The smallest absolute Gasteiger partial charge is 0.468 e. The number of aromatic nitrogens is 6.